The first kappa shape index (κ1) is 15.9. The van der Waals surface area contributed by atoms with Crippen LogP contribution in [-0.4, -0.2) is 35.6 Å². The highest BCUT2D eigenvalue weighted by Gasteiger charge is 2.20. The van der Waals surface area contributed by atoms with Gasteiger partial charge in [0.25, 0.3) is 0 Å². The molecule has 2 unspecified atom stereocenters. The molecule has 0 heterocycles. The van der Waals surface area contributed by atoms with Gasteiger partial charge in [0.05, 0.1) is 6.54 Å². The maximum atomic E-state index is 11.5. The quantitative estimate of drug-likeness (QED) is 0.595. The van der Waals surface area contributed by atoms with E-state index in [1.54, 1.807) is 0 Å². The average Bonchev–Trinajstić information content (AvgIpc) is 2.24. The molecule has 3 N–H and O–H groups in total. The van der Waals surface area contributed by atoms with Crippen LogP contribution >= 0.6 is 0 Å². The largest absolute Gasteiger partial charge is 0.480 e. The van der Waals surface area contributed by atoms with Gasteiger partial charge in [0.2, 0.25) is 5.91 Å². The number of carboxylic acid groups (broad SMARTS) is 1. The average molecular weight is 244 g/mol. The molecule has 1 amide bonds. The molecule has 0 rings (SSSR count). The molecule has 17 heavy (non-hydrogen) atoms. The first-order chi connectivity index (χ1) is 7.86. The Kier molecular flexibility index (Phi) is 7.54. The number of aliphatic carboxylic acids is 1. The van der Waals surface area contributed by atoms with Gasteiger partial charge in [-0.2, -0.15) is 0 Å². The lowest BCUT2D eigenvalue weighted by atomic mass is 10.0. The van der Waals surface area contributed by atoms with Crippen molar-refractivity contribution in [1.82, 2.24) is 10.6 Å². The van der Waals surface area contributed by atoms with E-state index in [2.05, 4.69) is 10.6 Å². The van der Waals surface area contributed by atoms with Crippen LogP contribution in [0.1, 0.15) is 40.5 Å². The number of nitrogens with one attached hydrogen (secondary N) is 2. The molecule has 0 aromatic rings. The van der Waals surface area contributed by atoms with E-state index in [0.717, 1.165) is 6.42 Å². The van der Waals surface area contributed by atoms with Gasteiger partial charge in [0, 0.05) is 6.04 Å². The van der Waals surface area contributed by atoms with Gasteiger partial charge < -0.3 is 15.7 Å². The van der Waals surface area contributed by atoms with Crippen molar-refractivity contribution in [2.45, 2.75) is 52.6 Å². The number of amides is 1. The summed E-state index contributed by atoms with van der Waals surface area (Å²) in [4.78, 5) is 22.5. The minimum absolute atomic E-state index is 0.164. The second kappa shape index (κ2) is 8.06. The Balaban J connectivity index is 4.08. The van der Waals surface area contributed by atoms with Crippen LogP contribution in [0.4, 0.5) is 0 Å². The summed E-state index contributed by atoms with van der Waals surface area (Å²) >= 11 is 0. The molecule has 0 aliphatic rings. The van der Waals surface area contributed by atoms with Crippen molar-refractivity contribution in [2.75, 3.05) is 6.54 Å². The highest BCUT2D eigenvalue weighted by atomic mass is 16.4. The number of carbonyl (C=O) groups excluding carboxylic acids is 1. The molecule has 100 valence electrons. The van der Waals surface area contributed by atoms with Crippen LogP contribution in [0, 0.1) is 5.92 Å². The van der Waals surface area contributed by atoms with E-state index >= 15 is 0 Å². The Morgan fingerprint density at radius 1 is 1.24 bits per heavy atom. The van der Waals surface area contributed by atoms with Crippen molar-refractivity contribution < 1.29 is 14.7 Å². The minimum atomic E-state index is -0.976. The van der Waals surface area contributed by atoms with Crippen molar-refractivity contribution >= 4 is 11.9 Å². The summed E-state index contributed by atoms with van der Waals surface area (Å²) in [7, 11) is 0. The summed E-state index contributed by atoms with van der Waals surface area (Å²) in [6.45, 7) is 8.03. The summed E-state index contributed by atoms with van der Waals surface area (Å²) in [5, 5.41) is 14.5. The van der Waals surface area contributed by atoms with Crippen molar-refractivity contribution in [2.24, 2.45) is 5.92 Å². The monoisotopic (exact) mass is 244 g/mol. The third-order valence-electron chi connectivity index (χ3n) is 2.56. The lowest BCUT2D eigenvalue weighted by Crippen LogP contribution is -2.46. The summed E-state index contributed by atoms with van der Waals surface area (Å²) in [5.41, 5.74) is 0. The third kappa shape index (κ3) is 7.74. The Morgan fingerprint density at radius 3 is 2.24 bits per heavy atom. The maximum Gasteiger partial charge on any atom is 0.326 e. The van der Waals surface area contributed by atoms with Crippen LogP contribution in [0.3, 0.4) is 0 Å². The van der Waals surface area contributed by atoms with Gasteiger partial charge in [-0.1, -0.05) is 20.8 Å². The fraction of sp³-hybridized carbons (Fsp3) is 0.833. The lowest BCUT2D eigenvalue weighted by Gasteiger charge is -2.17. The molecule has 0 saturated carbocycles. The maximum absolute atomic E-state index is 11.5. The first-order valence-corrected chi connectivity index (χ1v) is 6.12. The highest BCUT2D eigenvalue weighted by Crippen LogP contribution is 2.04. The van der Waals surface area contributed by atoms with E-state index in [1.165, 1.54) is 0 Å². The summed E-state index contributed by atoms with van der Waals surface area (Å²) in [5.74, 6) is -1.01. The number of carbonyl (C=O) groups is 2. The fourth-order valence-electron chi connectivity index (χ4n) is 1.35. The molecule has 0 aromatic heterocycles. The molecule has 0 radical (unpaired) electrons. The number of rotatable bonds is 8. The summed E-state index contributed by atoms with van der Waals surface area (Å²) in [6, 6.07) is -0.532. The SMILES string of the molecule is CCC(C)NCC(=O)NC(CC(C)C)C(=O)O. The van der Waals surface area contributed by atoms with Gasteiger partial charge in [-0.15, -0.1) is 0 Å². The van der Waals surface area contributed by atoms with Gasteiger partial charge in [-0.25, -0.2) is 4.79 Å². The van der Waals surface area contributed by atoms with Crippen LogP contribution in [0.5, 0.6) is 0 Å². The van der Waals surface area contributed by atoms with Crippen molar-refractivity contribution in [3.05, 3.63) is 0 Å². The number of hydrogen-bond acceptors (Lipinski definition) is 3. The molecule has 0 aliphatic heterocycles. The first-order valence-electron chi connectivity index (χ1n) is 6.12. The number of carboxylic acids is 1. The van der Waals surface area contributed by atoms with Crippen molar-refractivity contribution in [1.29, 1.82) is 0 Å². The van der Waals surface area contributed by atoms with Crippen molar-refractivity contribution in [3.8, 4) is 0 Å². The van der Waals surface area contributed by atoms with Gasteiger partial charge >= 0.3 is 5.97 Å². The van der Waals surface area contributed by atoms with Crippen LogP contribution in [0.25, 0.3) is 0 Å². The standard InChI is InChI=1S/C12H24N2O3/c1-5-9(4)13-7-11(15)14-10(12(16)17)6-8(2)3/h8-10,13H,5-7H2,1-4H3,(H,14,15)(H,16,17). The molecule has 0 saturated heterocycles. The molecule has 0 aliphatic carbocycles. The summed E-state index contributed by atoms with van der Waals surface area (Å²) < 4.78 is 0. The van der Waals surface area contributed by atoms with E-state index in [9.17, 15) is 9.59 Å². The van der Waals surface area contributed by atoms with Gasteiger partial charge in [-0.3, -0.25) is 4.79 Å². The molecule has 5 nitrogen and oxygen atoms in total. The zero-order valence-electron chi connectivity index (χ0n) is 11.1. The highest BCUT2D eigenvalue weighted by molar-refractivity contribution is 5.84. The van der Waals surface area contributed by atoms with Crippen LogP contribution in [0.15, 0.2) is 0 Å². The zero-order chi connectivity index (χ0) is 13.4. The Bertz CT molecular complexity index is 254. The predicted molar refractivity (Wildman–Crippen MR) is 66.8 cm³/mol. The Morgan fingerprint density at radius 2 is 1.82 bits per heavy atom. The molecular formula is C12H24N2O3. The second-order valence-electron chi connectivity index (χ2n) is 4.78. The normalized spacial score (nSPS) is 14.4. The number of hydrogen-bond donors (Lipinski definition) is 3. The molecule has 2 atom stereocenters. The van der Waals surface area contributed by atoms with E-state index in [4.69, 9.17) is 5.11 Å². The molecule has 0 spiro atoms. The molecule has 0 fully saturated rings. The second-order valence-corrected chi connectivity index (χ2v) is 4.78. The van der Waals surface area contributed by atoms with Gasteiger partial charge in [-0.05, 0) is 25.7 Å². The van der Waals surface area contributed by atoms with E-state index < -0.39 is 12.0 Å². The molecule has 0 aromatic carbocycles. The van der Waals surface area contributed by atoms with Crippen LogP contribution < -0.4 is 10.6 Å². The zero-order valence-corrected chi connectivity index (χ0v) is 11.1. The predicted octanol–water partition coefficient (Wildman–Crippen LogP) is 0.990. The Hall–Kier alpha value is -1.10. The van der Waals surface area contributed by atoms with Crippen LogP contribution in [-0.2, 0) is 9.59 Å². The van der Waals surface area contributed by atoms with Gasteiger partial charge in [0.1, 0.15) is 6.04 Å². The Labute approximate surface area is 103 Å². The molecule has 0 bridgehead atoms. The topological polar surface area (TPSA) is 78.4 Å². The van der Waals surface area contributed by atoms with E-state index in [0.29, 0.717) is 6.42 Å². The summed E-state index contributed by atoms with van der Waals surface area (Å²) in [6.07, 6.45) is 1.38. The van der Waals surface area contributed by atoms with Crippen LogP contribution in [0.2, 0.25) is 0 Å². The fourth-order valence-corrected chi connectivity index (χ4v) is 1.35. The third-order valence-corrected chi connectivity index (χ3v) is 2.56. The van der Waals surface area contributed by atoms with Gasteiger partial charge in [0.15, 0.2) is 0 Å². The molecule has 5 heteroatoms. The van der Waals surface area contributed by atoms with E-state index in [-0.39, 0.29) is 24.4 Å². The molecular weight excluding hydrogens is 220 g/mol. The van der Waals surface area contributed by atoms with Crippen molar-refractivity contribution in [3.63, 3.8) is 0 Å². The lowest BCUT2D eigenvalue weighted by molar-refractivity contribution is -0.142. The smallest absolute Gasteiger partial charge is 0.326 e. The minimum Gasteiger partial charge on any atom is -0.480 e. The van der Waals surface area contributed by atoms with E-state index in [1.807, 2.05) is 27.7 Å².